The van der Waals surface area contributed by atoms with Crippen molar-refractivity contribution in [3.63, 3.8) is 0 Å². The van der Waals surface area contributed by atoms with E-state index in [1.54, 1.807) is 61.7 Å². The average molecular weight is 339 g/mol. The third-order valence-electron chi connectivity index (χ3n) is 3.33. The Balaban J connectivity index is 1.90. The second-order valence-electron chi connectivity index (χ2n) is 5.28. The number of ether oxygens (including phenoxy) is 2. The Morgan fingerprint density at radius 3 is 2.24 bits per heavy atom. The van der Waals surface area contributed by atoms with E-state index < -0.39 is 5.97 Å². The van der Waals surface area contributed by atoms with Crippen LogP contribution in [0.3, 0.4) is 0 Å². The number of nitrogens with one attached hydrogen (secondary N) is 1. The first-order valence-electron chi connectivity index (χ1n) is 8.07. The number of carbonyl (C=O) groups is 2. The first kappa shape index (κ1) is 18.3. The quantitative estimate of drug-likeness (QED) is 0.477. The molecule has 2 aromatic carbocycles. The van der Waals surface area contributed by atoms with Gasteiger partial charge in [0.25, 0.3) is 5.91 Å². The predicted octanol–water partition coefficient (Wildman–Crippen LogP) is 3.45. The molecule has 0 aliphatic rings. The lowest BCUT2D eigenvalue weighted by Gasteiger charge is -2.05. The van der Waals surface area contributed by atoms with Gasteiger partial charge in [-0.15, -0.1) is 0 Å². The number of hydrogen-bond acceptors (Lipinski definition) is 4. The number of amides is 1. The summed E-state index contributed by atoms with van der Waals surface area (Å²) in [6, 6.07) is 13.8. The zero-order valence-corrected chi connectivity index (χ0v) is 14.3. The van der Waals surface area contributed by atoms with E-state index in [0.29, 0.717) is 17.9 Å². The zero-order valence-electron chi connectivity index (χ0n) is 14.3. The van der Waals surface area contributed by atoms with Crippen LogP contribution in [0.1, 0.15) is 29.3 Å². The molecular weight excluding hydrogens is 318 g/mol. The Bertz CT molecular complexity index is 733. The van der Waals surface area contributed by atoms with Gasteiger partial charge in [-0.05, 0) is 54.5 Å². The van der Waals surface area contributed by atoms with Gasteiger partial charge in [0.2, 0.25) is 0 Å². The van der Waals surface area contributed by atoms with E-state index in [1.807, 2.05) is 6.92 Å². The van der Waals surface area contributed by atoms with Crippen LogP contribution >= 0.6 is 0 Å². The van der Waals surface area contributed by atoms with E-state index in [2.05, 4.69) is 5.32 Å². The molecule has 0 atom stereocenters. The second-order valence-corrected chi connectivity index (χ2v) is 5.28. The maximum Gasteiger partial charge on any atom is 0.336 e. The molecule has 5 heteroatoms. The van der Waals surface area contributed by atoms with E-state index in [4.69, 9.17) is 9.47 Å². The summed E-state index contributed by atoms with van der Waals surface area (Å²) in [5, 5.41) is 2.55. The van der Waals surface area contributed by atoms with Crippen LogP contribution in [-0.2, 0) is 4.79 Å². The van der Waals surface area contributed by atoms with Crippen LogP contribution < -0.4 is 14.8 Å². The molecule has 0 fully saturated rings. The lowest BCUT2D eigenvalue weighted by molar-refractivity contribution is -0.128. The molecule has 5 nitrogen and oxygen atoms in total. The lowest BCUT2D eigenvalue weighted by atomic mass is 10.1. The van der Waals surface area contributed by atoms with Crippen LogP contribution in [0.25, 0.3) is 6.08 Å². The normalized spacial score (nSPS) is 10.5. The molecule has 0 aromatic heterocycles. The van der Waals surface area contributed by atoms with Crippen molar-refractivity contribution in [1.82, 2.24) is 5.32 Å². The molecule has 1 amide bonds. The molecule has 130 valence electrons. The molecule has 0 heterocycles. The average Bonchev–Trinajstić information content (AvgIpc) is 2.65. The van der Waals surface area contributed by atoms with Gasteiger partial charge in [-0.25, -0.2) is 4.79 Å². The molecule has 2 aromatic rings. The SMILES string of the molecule is CCCOc1ccc(OC(=O)C=Cc2ccc(C(=O)NC)cc2)cc1. The summed E-state index contributed by atoms with van der Waals surface area (Å²) in [7, 11) is 1.58. The van der Waals surface area contributed by atoms with Crippen molar-refractivity contribution in [1.29, 1.82) is 0 Å². The number of esters is 1. The molecule has 0 aliphatic carbocycles. The minimum atomic E-state index is -0.474. The molecule has 25 heavy (non-hydrogen) atoms. The molecule has 0 spiro atoms. The molecule has 0 radical (unpaired) electrons. The summed E-state index contributed by atoms with van der Waals surface area (Å²) in [5.41, 5.74) is 1.36. The van der Waals surface area contributed by atoms with E-state index in [1.165, 1.54) is 6.08 Å². The number of rotatable bonds is 7. The molecule has 0 saturated heterocycles. The summed E-state index contributed by atoms with van der Waals surface area (Å²) in [6.45, 7) is 2.69. The van der Waals surface area contributed by atoms with Crippen molar-refractivity contribution in [2.24, 2.45) is 0 Å². The Morgan fingerprint density at radius 2 is 1.64 bits per heavy atom. The van der Waals surface area contributed by atoms with Crippen LogP contribution in [0.4, 0.5) is 0 Å². The highest BCUT2D eigenvalue weighted by atomic mass is 16.5. The van der Waals surface area contributed by atoms with E-state index in [9.17, 15) is 9.59 Å². The predicted molar refractivity (Wildman–Crippen MR) is 96.7 cm³/mol. The smallest absolute Gasteiger partial charge is 0.336 e. The zero-order chi connectivity index (χ0) is 18.1. The van der Waals surface area contributed by atoms with Crippen molar-refractivity contribution in [3.05, 3.63) is 65.7 Å². The van der Waals surface area contributed by atoms with Crippen LogP contribution in [-0.4, -0.2) is 25.5 Å². The van der Waals surface area contributed by atoms with Gasteiger partial charge in [0, 0.05) is 18.7 Å². The Morgan fingerprint density at radius 1 is 1.00 bits per heavy atom. The highest BCUT2D eigenvalue weighted by Crippen LogP contribution is 2.18. The Kier molecular flexibility index (Phi) is 6.77. The van der Waals surface area contributed by atoms with Crippen LogP contribution in [0.2, 0.25) is 0 Å². The maximum absolute atomic E-state index is 11.9. The summed E-state index contributed by atoms with van der Waals surface area (Å²) in [6.07, 6.45) is 3.91. The topological polar surface area (TPSA) is 64.6 Å². The minimum Gasteiger partial charge on any atom is -0.494 e. The lowest BCUT2D eigenvalue weighted by Crippen LogP contribution is -2.17. The van der Waals surface area contributed by atoms with Gasteiger partial charge in [0.1, 0.15) is 11.5 Å². The first-order valence-corrected chi connectivity index (χ1v) is 8.07. The van der Waals surface area contributed by atoms with Crippen molar-refractivity contribution in [2.45, 2.75) is 13.3 Å². The number of carbonyl (C=O) groups excluding carboxylic acids is 2. The van der Waals surface area contributed by atoms with E-state index >= 15 is 0 Å². The van der Waals surface area contributed by atoms with E-state index in [0.717, 1.165) is 17.7 Å². The monoisotopic (exact) mass is 339 g/mol. The Hall–Kier alpha value is -3.08. The van der Waals surface area contributed by atoms with Crippen molar-refractivity contribution < 1.29 is 19.1 Å². The Labute approximate surface area is 147 Å². The van der Waals surface area contributed by atoms with E-state index in [-0.39, 0.29) is 5.91 Å². The summed E-state index contributed by atoms with van der Waals surface area (Å²) in [5.74, 6) is 0.570. The van der Waals surface area contributed by atoms with Gasteiger partial charge < -0.3 is 14.8 Å². The van der Waals surface area contributed by atoms with Crippen LogP contribution in [0, 0.1) is 0 Å². The van der Waals surface area contributed by atoms with Crippen molar-refractivity contribution >= 4 is 18.0 Å². The van der Waals surface area contributed by atoms with Crippen molar-refractivity contribution in [2.75, 3.05) is 13.7 Å². The largest absolute Gasteiger partial charge is 0.494 e. The van der Waals surface area contributed by atoms with Crippen LogP contribution in [0.5, 0.6) is 11.5 Å². The molecular formula is C20H21NO4. The van der Waals surface area contributed by atoms with Crippen LogP contribution in [0.15, 0.2) is 54.6 Å². The molecule has 0 aliphatic heterocycles. The summed E-state index contributed by atoms with van der Waals surface area (Å²) >= 11 is 0. The first-order chi connectivity index (χ1) is 12.1. The van der Waals surface area contributed by atoms with Gasteiger partial charge >= 0.3 is 5.97 Å². The summed E-state index contributed by atoms with van der Waals surface area (Å²) in [4.78, 5) is 23.3. The third kappa shape index (κ3) is 5.80. The van der Waals surface area contributed by atoms with Crippen molar-refractivity contribution in [3.8, 4) is 11.5 Å². The van der Waals surface area contributed by atoms with Gasteiger partial charge in [-0.1, -0.05) is 19.1 Å². The van der Waals surface area contributed by atoms with Gasteiger partial charge in [0.05, 0.1) is 6.61 Å². The van der Waals surface area contributed by atoms with Gasteiger partial charge in [0.15, 0.2) is 0 Å². The fourth-order valence-electron chi connectivity index (χ4n) is 2.03. The second kappa shape index (κ2) is 9.27. The third-order valence-corrected chi connectivity index (χ3v) is 3.33. The molecule has 1 N–H and O–H groups in total. The molecule has 0 saturated carbocycles. The minimum absolute atomic E-state index is 0.152. The number of hydrogen-bond donors (Lipinski definition) is 1. The maximum atomic E-state index is 11.9. The standard InChI is InChI=1S/C20H21NO4/c1-3-14-24-17-9-11-18(12-10-17)25-19(22)13-6-15-4-7-16(8-5-15)20(23)21-2/h4-13H,3,14H2,1-2H3,(H,21,23). The highest BCUT2D eigenvalue weighted by molar-refractivity contribution is 5.94. The number of benzene rings is 2. The fraction of sp³-hybridized carbons (Fsp3) is 0.200. The summed E-state index contributed by atoms with van der Waals surface area (Å²) < 4.78 is 10.7. The van der Waals surface area contributed by atoms with Gasteiger partial charge in [-0.2, -0.15) is 0 Å². The van der Waals surface area contributed by atoms with Gasteiger partial charge in [-0.3, -0.25) is 4.79 Å². The fourth-order valence-corrected chi connectivity index (χ4v) is 2.03. The molecule has 0 unspecified atom stereocenters. The molecule has 0 bridgehead atoms. The highest BCUT2D eigenvalue weighted by Gasteiger charge is 2.03. The molecule has 2 rings (SSSR count).